The maximum Gasteiger partial charge on any atom is 0.248 e. The van der Waals surface area contributed by atoms with Gasteiger partial charge in [0, 0.05) is 36.1 Å². The van der Waals surface area contributed by atoms with Crippen LogP contribution in [-0.2, 0) is 4.79 Å². The summed E-state index contributed by atoms with van der Waals surface area (Å²) in [4.78, 5) is 17.2. The Balaban J connectivity index is 1.89. The fraction of sp³-hybridized carbons (Fsp3) is 0.350. The van der Waals surface area contributed by atoms with Gasteiger partial charge in [-0.3, -0.25) is 4.79 Å². The number of nitrogens with zero attached hydrogens (tertiary/aromatic N) is 3. The number of rotatable bonds is 6. The van der Waals surface area contributed by atoms with Crippen LogP contribution in [0.5, 0.6) is 0 Å². The number of aromatic nitrogens is 1. The van der Waals surface area contributed by atoms with E-state index in [9.17, 15) is 13.6 Å². The van der Waals surface area contributed by atoms with Gasteiger partial charge in [0.25, 0.3) is 0 Å². The van der Waals surface area contributed by atoms with E-state index in [1.807, 2.05) is 0 Å². The second-order valence-corrected chi connectivity index (χ2v) is 8.28. The molecule has 7 nitrogen and oxygen atoms in total. The SMILES string of the molecule is CN(N)/N=C(\N)c1ccc(C(C(=O)Nc2cc(Br)ccn2)C2CCC(F)(F)C2)cc1. The molecule has 1 aromatic heterocycles. The third kappa shape index (κ3) is 5.51. The molecule has 1 aliphatic carbocycles. The van der Waals surface area contributed by atoms with Crippen LogP contribution in [0, 0.1) is 5.92 Å². The number of nitrogens with two attached hydrogens (primary N) is 2. The Kier molecular flexibility index (Phi) is 6.67. The molecule has 1 aromatic carbocycles. The number of hydrazone groups is 1. The van der Waals surface area contributed by atoms with Gasteiger partial charge in [0.1, 0.15) is 5.82 Å². The second-order valence-electron chi connectivity index (χ2n) is 7.37. The van der Waals surface area contributed by atoms with E-state index < -0.39 is 17.8 Å². The zero-order chi connectivity index (χ0) is 21.9. The lowest BCUT2D eigenvalue weighted by molar-refractivity contribution is -0.118. The number of anilines is 1. The van der Waals surface area contributed by atoms with Crippen LogP contribution in [-0.4, -0.2) is 34.8 Å². The van der Waals surface area contributed by atoms with Gasteiger partial charge in [-0.1, -0.05) is 40.2 Å². The van der Waals surface area contributed by atoms with E-state index in [4.69, 9.17) is 11.6 Å². The Hall–Kier alpha value is -2.59. The zero-order valence-electron chi connectivity index (χ0n) is 16.4. The Labute approximate surface area is 181 Å². The first kappa shape index (κ1) is 22.1. The quantitative estimate of drug-likeness (QED) is 0.254. The number of amidine groups is 1. The highest BCUT2D eigenvalue weighted by atomic mass is 79.9. The third-order valence-electron chi connectivity index (χ3n) is 5.00. The van der Waals surface area contributed by atoms with Crippen molar-refractivity contribution in [1.29, 1.82) is 0 Å². The molecule has 2 unspecified atom stereocenters. The van der Waals surface area contributed by atoms with Gasteiger partial charge in [-0.25, -0.2) is 24.7 Å². The summed E-state index contributed by atoms with van der Waals surface area (Å²) in [6.07, 6.45) is 1.25. The van der Waals surface area contributed by atoms with Gasteiger partial charge in [0.2, 0.25) is 11.8 Å². The van der Waals surface area contributed by atoms with Crippen molar-refractivity contribution in [3.05, 3.63) is 58.2 Å². The number of hydrogen-bond acceptors (Lipinski definition) is 5. The standard InChI is InChI=1S/C20H23BrF2N6O/c1-29(25)28-18(24)13-4-2-12(3-5-13)17(14-6-8-20(22,23)11-14)19(30)27-16-10-15(21)7-9-26-16/h2-5,7,9-10,14,17H,6,8,11,25H2,1H3,(H2,24,28)(H,26,27,30). The first-order valence-corrected chi connectivity index (χ1v) is 10.2. The van der Waals surface area contributed by atoms with Gasteiger partial charge in [-0.2, -0.15) is 0 Å². The molecule has 10 heteroatoms. The number of carbonyl (C=O) groups excluding carboxylic acids is 1. The van der Waals surface area contributed by atoms with E-state index in [1.165, 1.54) is 7.05 Å². The predicted octanol–water partition coefficient (Wildman–Crippen LogP) is 3.43. The molecule has 0 radical (unpaired) electrons. The third-order valence-corrected chi connectivity index (χ3v) is 5.49. The maximum atomic E-state index is 13.9. The monoisotopic (exact) mass is 480 g/mol. The summed E-state index contributed by atoms with van der Waals surface area (Å²) in [5, 5.41) is 7.77. The number of hydrazine groups is 1. The van der Waals surface area contributed by atoms with Crippen LogP contribution in [0.25, 0.3) is 0 Å². The van der Waals surface area contributed by atoms with Crippen molar-refractivity contribution >= 4 is 33.5 Å². The molecule has 0 spiro atoms. The number of pyridine rings is 1. The molecule has 0 saturated heterocycles. The van der Waals surface area contributed by atoms with E-state index in [-0.39, 0.29) is 31.0 Å². The molecule has 160 valence electrons. The minimum atomic E-state index is -2.76. The van der Waals surface area contributed by atoms with Crippen molar-refractivity contribution in [3.63, 3.8) is 0 Å². The number of nitrogens with one attached hydrogen (secondary N) is 1. The van der Waals surface area contributed by atoms with Crippen LogP contribution in [0.4, 0.5) is 14.6 Å². The molecule has 3 rings (SSSR count). The molecule has 30 heavy (non-hydrogen) atoms. The number of alkyl halides is 2. The van der Waals surface area contributed by atoms with Crippen LogP contribution >= 0.6 is 15.9 Å². The van der Waals surface area contributed by atoms with Crippen molar-refractivity contribution in [2.45, 2.75) is 31.1 Å². The van der Waals surface area contributed by atoms with Gasteiger partial charge in [-0.05, 0) is 30.0 Å². The average Bonchev–Trinajstić information content (AvgIpc) is 3.01. The smallest absolute Gasteiger partial charge is 0.248 e. The average molecular weight is 481 g/mol. The minimum Gasteiger partial charge on any atom is -0.382 e. The van der Waals surface area contributed by atoms with Crippen molar-refractivity contribution in [2.75, 3.05) is 12.4 Å². The number of halogens is 3. The van der Waals surface area contributed by atoms with Gasteiger partial charge in [0.15, 0.2) is 5.84 Å². The molecular weight excluding hydrogens is 458 g/mol. The molecule has 1 saturated carbocycles. The lowest BCUT2D eigenvalue weighted by atomic mass is 9.83. The van der Waals surface area contributed by atoms with E-state index in [0.29, 0.717) is 16.9 Å². The number of amides is 1. The summed E-state index contributed by atoms with van der Waals surface area (Å²) in [5.41, 5.74) is 7.13. The Bertz CT molecular complexity index is 935. The normalized spacial score (nSPS) is 19.4. The molecule has 1 fully saturated rings. The summed E-state index contributed by atoms with van der Waals surface area (Å²) in [5.74, 6) is 1.66. The Morgan fingerprint density at radius 3 is 2.63 bits per heavy atom. The van der Waals surface area contributed by atoms with Crippen LogP contribution in [0.2, 0.25) is 0 Å². The number of carbonyl (C=O) groups is 1. The van der Waals surface area contributed by atoms with E-state index in [0.717, 1.165) is 9.59 Å². The van der Waals surface area contributed by atoms with Crippen molar-refractivity contribution in [1.82, 2.24) is 10.1 Å². The molecule has 0 aliphatic heterocycles. The van der Waals surface area contributed by atoms with Gasteiger partial charge in [-0.15, -0.1) is 5.10 Å². The first-order valence-electron chi connectivity index (χ1n) is 9.38. The molecule has 2 atom stereocenters. The minimum absolute atomic E-state index is 0.207. The highest BCUT2D eigenvalue weighted by Crippen LogP contribution is 2.45. The number of benzene rings is 1. The highest BCUT2D eigenvalue weighted by molar-refractivity contribution is 9.10. The fourth-order valence-electron chi connectivity index (χ4n) is 3.67. The highest BCUT2D eigenvalue weighted by Gasteiger charge is 2.45. The summed E-state index contributed by atoms with van der Waals surface area (Å²) in [6.45, 7) is 0. The van der Waals surface area contributed by atoms with Gasteiger partial charge < -0.3 is 11.1 Å². The summed E-state index contributed by atoms with van der Waals surface area (Å²) < 4.78 is 28.6. The molecule has 0 bridgehead atoms. The van der Waals surface area contributed by atoms with Crippen LogP contribution in [0.15, 0.2) is 52.2 Å². The zero-order valence-corrected chi connectivity index (χ0v) is 17.9. The largest absolute Gasteiger partial charge is 0.382 e. The Morgan fingerprint density at radius 1 is 1.37 bits per heavy atom. The van der Waals surface area contributed by atoms with E-state index >= 15 is 0 Å². The van der Waals surface area contributed by atoms with Crippen molar-refractivity contribution in [2.24, 2.45) is 22.6 Å². The molecule has 2 aromatic rings. The van der Waals surface area contributed by atoms with Gasteiger partial charge >= 0.3 is 0 Å². The lowest BCUT2D eigenvalue weighted by Crippen LogP contribution is -2.28. The summed E-state index contributed by atoms with van der Waals surface area (Å²) in [6, 6.07) is 10.2. The van der Waals surface area contributed by atoms with Gasteiger partial charge in [0.05, 0.1) is 5.92 Å². The topological polar surface area (TPSA) is 110 Å². The summed E-state index contributed by atoms with van der Waals surface area (Å²) >= 11 is 3.33. The van der Waals surface area contributed by atoms with Crippen LogP contribution < -0.4 is 16.9 Å². The number of hydrogen-bond donors (Lipinski definition) is 3. The molecular formula is C20H23BrF2N6O. The fourth-order valence-corrected chi connectivity index (χ4v) is 4.01. The molecule has 1 aliphatic rings. The maximum absolute atomic E-state index is 13.9. The van der Waals surface area contributed by atoms with Crippen LogP contribution in [0.3, 0.4) is 0 Å². The van der Waals surface area contributed by atoms with Crippen molar-refractivity contribution < 1.29 is 13.6 Å². The Morgan fingerprint density at radius 2 is 2.07 bits per heavy atom. The molecule has 1 amide bonds. The predicted molar refractivity (Wildman–Crippen MR) is 115 cm³/mol. The second kappa shape index (κ2) is 9.05. The van der Waals surface area contributed by atoms with Crippen molar-refractivity contribution in [3.8, 4) is 0 Å². The van der Waals surface area contributed by atoms with E-state index in [1.54, 1.807) is 42.6 Å². The van der Waals surface area contributed by atoms with E-state index in [2.05, 4.69) is 31.3 Å². The first-order chi connectivity index (χ1) is 14.1. The summed E-state index contributed by atoms with van der Waals surface area (Å²) in [7, 11) is 1.54. The molecule has 5 N–H and O–H groups in total. The lowest BCUT2D eigenvalue weighted by Gasteiger charge is -2.23. The molecule has 1 heterocycles. The van der Waals surface area contributed by atoms with Crippen LogP contribution in [0.1, 0.15) is 36.3 Å².